The second kappa shape index (κ2) is 6.98. The average molecular weight is 250 g/mol. The number of oxime groups is 1. The first-order chi connectivity index (χ1) is 8.56. The van der Waals surface area contributed by atoms with E-state index in [1.54, 1.807) is 0 Å². The number of rotatable bonds is 6. The van der Waals surface area contributed by atoms with Gasteiger partial charge < -0.3 is 21.2 Å². The van der Waals surface area contributed by atoms with Crippen molar-refractivity contribution in [2.75, 3.05) is 20.6 Å². The molecule has 100 valence electrons. The van der Waals surface area contributed by atoms with Crippen molar-refractivity contribution >= 4 is 5.84 Å². The van der Waals surface area contributed by atoms with Crippen molar-refractivity contribution in [3.63, 3.8) is 0 Å². The van der Waals surface area contributed by atoms with Crippen LogP contribution in [0.1, 0.15) is 18.1 Å². The van der Waals surface area contributed by atoms with Crippen LogP contribution < -0.4 is 11.1 Å². The standard InChI is InChI=1S/C13H22N4O/c1-10(17(2)3)8-15-9-11-6-4-5-7-12(11)13(14)16-18/h4-7,10,15,18H,8-9H2,1-3H3,(H2,14,16). The molecule has 0 aliphatic carbocycles. The fourth-order valence-corrected chi connectivity index (χ4v) is 1.58. The zero-order valence-electron chi connectivity index (χ0n) is 11.2. The van der Waals surface area contributed by atoms with Crippen LogP contribution in [0.2, 0.25) is 0 Å². The van der Waals surface area contributed by atoms with Crippen LogP contribution in [0.4, 0.5) is 0 Å². The summed E-state index contributed by atoms with van der Waals surface area (Å²) in [5.74, 6) is 0.146. The Bertz CT molecular complexity index is 404. The van der Waals surface area contributed by atoms with Crippen LogP contribution in [0.15, 0.2) is 29.4 Å². The number of nitrogens with zero attached hydrogens (tertiary/aromatic N) is 2. The fourth-order valence-electron chi connectivity index (χ4n) is 1.58. The maximum absolute atomic E-state index is 8.73. The number of benzene rings is 1. The summed E-state index contributed by atoms with van der Waals surface area (Å²) in [6.45, 7) is 3.74. The molecule has 0 aromatic heterocycles. The Labute approximate surface area is 108 Å². The maximum atomic E-state index is 8.73. The molecule has 0 bridgehead atoms. The van der Waals surface area contributed by atoms with Crippen molar-refractivity contribution in [1.29, 1.82) is 0 Å². The summed E-state index contributed by atoms with van der Waals surface area (Å²) in [6.07, 6.45) is 0. The zero-order chi connectivity index (χ0) is 13.5. The lowest BCUT2D eigenvalue weighted by Gasteiger charge is -2.20. The number of likely N-dealkylation sites (N-methyl/N-ethyl adjacent to an activating group) is 1. The third-order valence-corrected chi connectivity index (χ3v) is 3.04. The van der Waals surface area contributed by atoms with Gasteiger partial charge in [-0.15, -0.1) is 0 Å². The Morgan fingerprint density at radius 2 is 2.11 bits per heavy atom. The van der Waals surface area contributed by atoms with Crippen LogP contribution in [0, 0.1) is 0 Å². The Hall–Kier alpha value is -1.59. The highest BCUT2D eigenvalue weighted by atomic mass is 16.4. The van der Waals surface area contributed by atoms with E-state index in [4.69, 9.17) is 10.9 Å². The van der Waals surface area contributed by atoms with Crippen molar-refractivity contribution in [2.45, 2.75) is 19.5 Å². The Kier molecular flexibility index (Phi) is 5.61. The first kappa shape index (κ1) is 14.5. The Morgan fingerprint density at radius 1 is 1.44 bits per heavy atom. The topological polar surface area (TPSA) is 73.9 Å². The third kappa shape index (κ3) is 4.01. The molecule has 5 nitrogen and oxygen atoms in total. The molecule has 0 aliphatic rings. The molecule has 0 aliphatic heterocycles. The molecule has 1 aromatic carbocycles. The van der Waals surface area contributed by atoms with Gasteiger partial charge in [-0.05, 0) is 26.6 Å². The van der Waals surface area contributed by atoms with Crippen LogP contribution >= 0.6 is 0 Å². The van der Waals surface area contributed by atoms with Gasteiger partial charge in [-0.2, -0.15) is 0 Å². The molecule has 4 N–H and O–H groups in total. The van der Waals surface area contributed by atoms with Crippen molar-refractivity contribution < 1.29 is 5.21 Å². The highest BCUT2D eigenvalue weighted by Crippen LogP contribution is 2.08. The van der Waals surface area contributed by atoms with Crippen molar-refractivity contribution in [3.8, 4) is 0 Å². The lowest BCUT2D eigenvalue weighted by atomic mass is 10.1. The molecule has 1 unspecified atom stereocenters. The van der Waals surface area contributed by atoms with E-state index in [9.17, 15) is 0 Å². The lowest BCUT2D eigenvalue weighted by molar-refractivity contribution is 0.302. The normalized spacial score (nSPS) is 13.9. The van der Waals surface area contributed by atoms with E-state index < -0.39 is 0 Å². The molecule has 0 spiro atoms. The van der Waals surface area contributed by atoms with Crippen LogP contribution in [-0.4, -0.2) is 42.6 Å². The molecule has 0 fully saturated rings. The van der Waals surface area contributed by atoms with E-state index in [1.807, 2.05) is 24.3 Å². The van der Waals surface area contributed by atoms with Gasteiger partial charge in [-0.25, -0.2) is 0 Å². The summed E-state index contributed by atoms with van der Waals surface area (Å²) in [5.41, 5.74) is 7.43. The summed E-state index contributed by atoms with van der Waals surface area (Å²) in [4.78, 5) is 2.16. The van der Waals surface area contributed by atoms with Gasteiger partial charge in [0, 0.05) is 24.7 Å². The van der Waals surface area contributed by atoms with Gasteiger partial charge >= 0.3 is 0 Å². The van der Waals surface area contributed by atoms with Crippen LogP contribution in [0.25, 0.3) is 0 Å². The predicted octanol–water partition coefficient (Wildman–Crippen LogP) is 0.821. The minimum atomic E-state index is 0.146. The van der Waals surface area contributed by atoms with Crippen molar-refractivity contribution in [2.24, 2.45) is 10.9 Å². The summed E-state index contributed by atoms with van der Waals surface area (Å²) < 4.78 is 0. The first-order valence-corrected chi connectivity index (χ1v) is 5.99. The Balaban J connectivity index is 2.62. The van der Waals surface area contributed by atoms with Crippen molar-refractivity contribution in [3.05, 3.63) is 35.4 Å². The largest absolute Gasteiger partial charge is 0.409 e. The smallest absolute Gasteiger partial charge is 0.170 e. The quantitative estimate of drug-likeness (QED) is 0.302. The molecule has 18 heavy (non-hydrogen) atoms. The molecule has 5 heteroatoms. The monoisotopic (exact) mass is 250 g/mol. The summed E-state index contributed by atoms with van der Waals surface area (Å²) in [7, 11) is 4.10. The Morgan fingerprint density at radius 3 is 2.72 bits per heavy atom. The molecular formula is C13H22N4O. The fraction of sp³-hybridized carbons (Fsp3) is 0.462. The molecule has 1 atom stereocenters. The number of hydrogen-bond acceptors (Lipinski definition) is 4. The van der Waals surface area contributed by atoms with E-state index >= 15 is 0 Å². The van der Waals surface area contributed by atoms with Gasteiger partial charge in [0.05, 0.1) is 0 Å². The first-order valence-electron chi connectivity index (χ1n) is 5.99. The molecule has 1 aromatic rings. The molecule has 0 heterocycles. The highest BCUT2D eigenvalue weighted by Gasteiger charge is 2.07. The SMILES string of the molecule is CC(CNCc1ccccc1C(N)=NO)N(C)C. The molecule has 0 saturated carbocycles. The van der Waals surface area contributed by atoms with Crippen molar-refractivity contribution in [1.82, 2.24) is 10.2 Å². The number of hydrogen-bond donors (Lipinski definition) is 3. The summed E-state index contributed by atoms with van der Waals surface area (Å²) in [5, 5.41) is 15.2. The highest BCUT2D eigenvalue weighted by molar-refractivity contribution is 5.98. The van der Waals surface area contributed by atoms with E-state index in [0.717, 1.165) is 17.7 Å². The van der Waals surface area contributed by atoms with Gasteiger partial charge in [-0.3, -0.25) is 0 Å². The summed E-state index contributed by atoms with van der Waals surface area (Å²) >= 11 is 0. The summed E-state index contributed by atoms with van der Waals surface area (Å²) in [6, 6.07) is 8.10. The average Bonchev–Trinajstić information content (AvgIpc) is 2.38. The number of amidine groups is 1. The number of nitrogens with one attached hydrogen (secondary N) is 1. The molecule has 0 amide bonds. The third-order valence-electron chi connectivity index (χ3n) is 3.04. The van der Waals surface area contributed by atoms with Gasteiger partial charge in [0.25, 0.3) is 0 Å². The minimum absolute atomic E-state index is 0.146. The second-order valence-electron chi connectivity index (χ2n) is 4.59. The van der Waals surface area contributed by atoms with Crippen LogP contribution in [-0.2, 0) is 6.54 Å². The van der Waals surface area contributed by atoms with Gasteiger partial charge in [-0.1, -0.05) is 29.4 Å². The van der Waals surface area contributed by atoms with E-state index in [2.05, 4.69) is 36.4 Å². The predicted molar refractivity (Wildman–Crippen MR) is 73.8 cm³/mol. The van der Waals surface area contributed by atoms with Crippen LogP contribution in [0.5, 0.6) is 0 Å². The van der Waals surface area contributed by atoms with Gasteiger partial charge in [0.15, 0.2) is 5.84 Å². The maximum Gasteiger partial charge on any atom is 0.170 e. The molecular weight excluding hydrogens is 228 g/mol. The van der Waals surface area contributed by atoms with E-state index in [0.29, 0.717) is 12.6 Å². The lowest BCUT2D eigenvalue weighted by Crippen LogP contribution is -2.35. The van der Waals surface area contributed by atoms with E-state index in [-0.39, 0.29) is 5.84 Å². The number of nitrogens with two attached hydrogens (primary N) is 1. The van der Waals surface area contributed by atoms with Gasteiger partial charge in [0.1, 0.15) is 0 Å². The van der Waals surface area contributed by atoms with Crippen LogP contribution in [0.3, 0.4) is 0 Å². The minimum Gasteiger partial charge on any atom is -0.409 e. The second-order valence-corrected chi connectivity index (χ2v) is 4.59. The molecule has 0 saturated heterocycles. The van der Waals surface area contributed by atoms with Gasteiger partial charge in [0.2, 0.25) is 0 Å². The van der Waals surface area contributed by atoms with E-state index in [1.165, 1.54) is 0 Å². The zero-order valence-corrected chi connectivity index (χ0v) is 11.2. The molecule has 0 radical (unpaired) electrons. The molecule has 1 rings (SSSR count).